The highest BCUT2D eigenvalue weighted by Gasteiger charge is 1.70. The lowest BCUT2D eigenvalue weighted by Crippen LogP contribution is -2.08. The van der Waals surface area contributed by atoms with Crippen molar-refractivity contribution in [1.82, 2.24) is 5.32 Å². The third kappa shape index (κ3) is 5.14. The zero-order chi connectivity index (χ0) is 5.54. The second-order valence-corrected chi connectivity index (χ2v) is 0.845. The van der Waals surface area contributed by atoms with E-state index in [1.807, 2.05) is 0 Å². The number of hydrogen-bond acceptors (Lipinski definition) is 1. The van der Waals surface area contributed by atoms with Gasteiger partial charge in [-0.05, 0) is 6.08 Å². The first kappa shape index (κ1) is 6.14. The van der Waals surface area contributed by atoms with Crippen LogP contribution in [-0.4, -0.2) is 13.0 Å². The summed E-state index contributed by atoms with van der Waals surface area (Å²) in [6, 6.07) is 0. The maximum atomic E-state index is 11.0. The Morgan fingerprint density at radius 1 is 1.86 bits per heavy atom. The first-order valence-corrected chi connectivity index (χ1v) is 1.77. The number of carbonyl (C=O) groups excluding carboxylic acids is 1. The van der Waals surface area contributed by atoms with Crippen molar-refractivity contribution >= 4 is 6.41 Å². The zero-order valence-electron chi connectivity index (χ0n) is 3.65. The van der Waals surface area contributed by atoms with Gasteiger partial charge in [-0.15, -0.1) is 0 Å². The third-order valence-corrected chi connectivity index (χ3v) is 0.381. The SMILES string of the molecule is O=[C]NCC=CF. The van der Waals surface area contributed by atoms with Crippen molar-refractivity contribution in [3.05, 3.63) is 12.4 Å². The van der Waals surface area contributed by atoms with E-state index in [0.29, 0.717) is 6.33 Å². The Kier molecular flexibility index (Phi) is 4.51. The molecule has 1 radical (unpaired) electrons. The average molecular weight is 102 g/mol. The summed E-state index contributed by atoms with van der Waals surface area (Å²) in [5.41, 5.74) is 0. The van der Waals surface area contributed by atoms with Crippen molar-refractivity contribution in [2.24, 2.45) is 0 Å². The summed E-state index contributed by atoms with van der Waals surface area (Å²) >= 11 is 0. The molecule has 0 saturated carbocycles. The molecule has 3 heteroatoms. The number of rotatable bonds is 3. The van der Waals surface area contributed by atoms with Gasteiger partial charge in [-0.3, -0.25) is 4.79 Å². The van der Waals surface area contributed by atoms with Crippen molar-refractivity contribution in [1.29, 1.82) is 0 Å². The molecular formula is C4H5FNO. The highest BCUT2D eigenvalue weighted by molar-refractivity contribution is 5.47. The lowest BCUT2D eigenvalue weighted by Gasteiger charge is -1.80. The van der Waals surface area contributed by atoms with E-state index in [9.17, 15) is 9.18 Å². The van der Waals surface area contributed by atoms with Gasteiger partial charge >= 0.3 is 6.41 Å². The minimum Gasteiger partial charge on any atom is -0.344 e. The van der Waals surface area contributed by atoms with E-state index >= 15 is 0 Å². The summed E-state index contributed by atoms with van der Waals surface area (Å²) in [5, 5.41) is 2.12. The molecule has 0 aliphatic carbocycles. The van der Waals surface area contributed by atoms with Crippen LogP contribution >= 0.6 is 0 Å². The normalized spacial score (nSPS) is 9.29. The molecule has 0 aromatic heterocycles. The summed E-state index contributed by atoms with van der Waals surface area (Å²) in [4.78, 5) is 9.29. The standard InChI is InChI=1S/C4H5FNO/c5-2-1-3-6-4-7/h1-2H,3H2,(H,6,7). The van der Waals surface area contributed by atoms with Crippen LogP contribution in [-0.2, 0) is 4.79 Å². The van der Waals surface area contributed by atoms with Gasteiger partial charge in [0.1, 0.15) is 0 Å². The molecular weight excluding hydrogens is 97.0 g/mol. The van der Waals surface area contributed by atoms with Gasteiger partial charge < -0.3 is 5.32 Å². The van der Waals surface area contributed by atoms with Gasteiger partial charge in [0.25, 0.3) is 0 Å². The molecule has 0 heterocycles. The molecule has 0 spiro atoms. The summed E-state index contributed by atoms with van der Waals surface area (Å²) in [5.74, 6) is 0. The zero-order valence-corrected chi connectivity index (χ0v) is 3.65. The minimum absolute atomic E-state index is 0.208. The van der Waals surface area contributed by atoms with Crippen molar-refractivity contribution in [3.8, 4) is 0 Å². The Hall–Kier alpha value is -0.860. The van der Waals surface area contributed by atoms with Crippen LogP contribution in [0, 0.1) is 0 Å². The van der Waals surface area contributed by atoms with Gasteiger partial charge in [-0.25, -0.2) is 4.39 Å². The molecule has 2 nitrogen and oxygen atoms in total. The van der Waals surface area contributed by atoms with Crippen molar-refractivity contribution in [2.75, 3.05) is 6.54 Å². The molecule has 0 aromatic carbocycles. The minimum atomic E-state index is 0.208. The Balaban J connectivity index is 2.82. The van der Waals surface area contributed by atoms with Gasteiger partial charge in [0.05, 0.1) is 6.33 Å². The van der Waals surface area contributed by atoms with Gasteiger partial charge in [-0.1, -0.05) is 0 Å². The van der Waals surface area contributed by atoms with Gasteiger partial charge in [-0.2, -0.15) is 0 Å². The van der Waals surface area contributed by atoms with Gasteiger partial charge in [0, 0.05) is 6.54 Å². The van der Waals surface area contributed by atoms with E-state index in [1.54, 1.807) is 0 Å². The lowest BCUT2D eigenvalue weighted by atomic mass is 10.6. The molecule has 0 unspecified atom stereocenters. The summed E-state index contributed by atoms with van der Waals surface area (Å²) < 4.78 is 11.0. The molecule has 0 aromatic rings. The van der Waals surface area contributed by atoms with E-state index in [4.69, 9.17) is 0 Å². The molecule has 1 N–H and O–H groups in total. The maximum Gasteiger partial charge on any atom is 0.309 e. The summed E-state index contributed by atoms with van der Waals surface area (Å²) in [6.45, 7) is 0.208. The maximum absolute atomic E-state index is 11.0. The number of amides is 1. The highest BCUT2D eigenvalue weighted by atomic mass is 19.1. The molecule has 0 bridgehead atoms. The Morgan fingerprint density at radius 2 is 2.57 bits per heavy atom. The quantitative estimate of drug-likeness (QED) is 0.398. The van der Waals surface area contributed by atoms with Crippen molar-refractivity contribution in [3.63, 3.8) is 0 Å². The molecule has 1 amide bonds. The first-order chi connectivity index (χ1) is 3.41. The van der Waals surface area contributed by atoms with Crippen LogP contribution in [0.5, 0.6) is 0 Å². The van der Waals surface area contributed by atoms with Crippen molar-refractivity contribution < 1.29 is 9.18 Å². The lowest BCUT2D eigenvalue weighted by molar-refractivity contribution is 0.545. The Morgan fingerprint density at radius 3 is 3.00 bits per heavy atom. The number of nitrogens with one attached hydrogen (secondary N) is 1. The van der Waals surface area contributed by atoms with Crippen LogP contribution in [0.1, 0.15) is 0 Å². The Bertz CT molecular complexity index is 72.1. The third-order valence-electron chi connectivity index (χ3n) is 0.381. The van der Waals surface area contributed by atoms with Crippen LogP contribution in [0.4, 0.5) is 4.39 Å². The fraction of sp³-hybridized carbons (Fsp3) is 0.250. The van der Waals surface area contributed by atoms with Crippen LogP contribution in [0.25, 0.3) is 0 Å². The van der Waals surface area contributed by atoms with Crippen molar-refractivity contribution in [2.45, 2.75) is 0 Å². The second-order valence-electron chi connectivity index (χ2n) is 0.845. The van der Waals surface area contributed by atoms with Gasteiger partial charge in [0.2, 0.25) is 0 Å². The average Bonchev–Trinajstić information content (AvgIpc) is 1.69. The summed E-state index contributed by atoms with van der Waals surface area (Å²) in [6.07, 6.45) is 2.92. The van der Waals surface area contributed by atoms with Crippen LogP contribution in [0.3, 0.4) is 0 Å². The number of hydrogen-bond donors (Lipinski definition) is 1. The molecule has 0 saturated heterocycles. The monoisotopic (exact) mass is 102 g/mol. The fourth-order valence-corrected chi connectivity index (χ4v) is 0.145. The fourth-order valence-electron chi connectivity index (χ4n) is 0.145. The molecule has 0 aliphatic rings. The predicted octanol–water partition coefficient (Wildman–Crippen LogP) is 0.126. The van der Waals surface area contributed by atoms with E-state index in [-0.39, 0.29) is 6.54 Å². The number of halogens is 1. The largest absolute Gasteiger partial charge is 0.344 e. The molecule has 0 fully saturated rings. The van der Waals surface area contributed by atoms with Gasteiger partial charge in [0.15, 0.2) is 0 Å². The predicted molar refractivity (Wildman–Crippen MR) is 23.9 cm³/mol. The smallest absolute Gasteiger partial charge is 0.309 e. The van der Waals surface area contributed by atoms with E-state index in [2.05, 4.69) is 5.32 Å². The first-order valence-electron chi connectivity index (χ1n) is 1.77. The van der Waals surface area contributed by atoms with E-state index < -0.39 is 0 Å². The van der Waals surface area contributed by atoms with Crippen LogP contribution in [0.2, 0.25) is 0 Å². The Labute approximate surface area is 41.0 Å². The molecule has 0 rings (SSSR count). The highest BCUT2D eigenvalue weighted by Crippen LogP contribution is 1.66. The van der Waals surface area contributed by atoms with E-state index in [1.165, 1.54) is 12.5 Å². The van der Waals surface area contributed by atoms with E-state index in [0.717, 1.165) is 0 Å². The topological polar surface area (TPSA) is 29.1 Å². The summed E-state index contributed by atoms with van der Waals surface area (Å²) in [7, 11) is 0. The molecule has 39 valence electrons. The molecule has 0 atom stereocenters. The second kappa shape index (κ2) is 5.14. The van der Waals surface area contributed by atoms with Crippen LogP contribution in [0.15, 0.2) is 12.4 Å². The molecule has 0 aliphatic heterocycles. The van der Waals surface area contributed by atoms with Crippen LogP contribution < -0.4 is 5.32 Å². The molecule has 7 heavy (non-hydrogen) atoms.